The second kappa shape index (κ2) is 9.65. The third-order valence-corrected chi connectivity index (χ3v) is 4.57. The Kier molecular flexibility index (Phi) is 6.31. The summed E-state index contributed by atoms with van der Waals surface area (Å²) < 4.78 is 12.8. The summed E-state index contributed by atoms with van der Waals surface area (Å²) in [7, 11) is 0. The fourth-order valence-corrected chi connectivity index (χ4v) is 3.04. The highest BCUT2D eigenvalue weighted by molar-refractivity contribution is 6.03. The fourth-order valence-electron chi connectivity index (χ4n) is 3.04. The van der Waals surface area contributed by atoms with Gasteiger partial charge in [0.25, 0.3) is 11.6 Å². The van der Waals surface area contributed by atoms with Crippen LogP contribution in [0, 0.1) is 17.0 Å². The first-order valence-electron chi connectivity index (χ1n) is 10.0. The Hall–Kier alpha value is -4.66. The van der Waals surface area contributed by atoms with Gasteiger partial charge in [0.1, 0.15) is 17.2 Å². The Bertz CT molecular complexity index is 1290. The van der Waals surface area contributed by atoms with E-state index >= 15 is 0 Å². The molecule has 1 N–H and O–H groups in total. The standard InChI is InChI=1S/C24H20N4O5/c1-17-6-5-9-21(12-17)33-22-14-18(13-19(15-22)28(30)31)25-24(29)23-10-11-27(26-23)16-32-20-7-3-2-4-8-20/h2-15H,16H2,1H3,(H,25,29). The van der Waals surface area contributed by atoms with Crippen LogP contribution in [0.2, 0.25) is 0 Å². The second-order valence-electron chi connectivity index (χ2n) is 7.17. The van der Waals surface area contributed by atoms with Crippen LogP contribution in [0.4, 0.5) is 11.4 Å². The van der Waals surface area contributed by atoms with Crippen LogP contribution in [0.3, 0.4) is 0 Å². The Labute approximate surface area is 189 Å². The maximum Gasteiger partial charge on any atom is 0.276 e. The van der Waals surface area contributed by atoms with Gasteiger partial charge in [0, 0.05) is 18.3 Å². The molecule has 0 spiro atoms. The average molecular weight is 444 g/mol. The number of aryl methyl sites for hydroxylation is 1. The van der Waals surface area contributed by atoms with Crippen molar-refractivity contribution in [3.63, 3.8) is 0 Å². The van der Waals surface area contributed by atoms with E-state index in [0.29, 0.717) is 11.5 Å². The minimum Gasteiger partial charge on any atom is -0.471 e. The lowest BCUT2D eigenvalue weighted by molar-refractivity contribution is -0.384. The van der Waals surface area contributed by atoms with Gasteiger partial charge in [-0.1, -0.05) is 30.3 Å². The predicted molar refractivity (Wildman–Crippen MR) is 122 cm³/mol. The number of ether oxygens (including phenoxy) is 2. The summed E-state index contributed by atoms with van der Waals surface area (Å²) in [6.45, 7) is 2.04. The molecule has 3 aromatic carbocycles. The van der Waals surface area contributed by atoms with Gasteiger partial charge >= 0.3 is 0 Å². The third kappa shape index (κ3) is 5.73. The summed E-state index contributed by atoms with van der Waals surface area (Å²) in [5, 5.41) is 18.2. The number of nitro groups is 1. The highest BCUT2D eigenvalue weighted by atomic mass is 16.6. The molecule has 166 valence electrons. The lowest BCUT2D eigenvalue weighted by Gasteiger charge is -2.09. The van der Waals surface area contributed by atoms with Crippen LogP contribution >= 0.6 is 0 Å². The SMILES string of the molecule is Cc1cccc(Oc2cc(NC(=O)c3ccn(COc4ccccc4)n3)cc([N+](=O)[O-])c2)c1. The summed E-state index contributed by atoms with van der Waals surface area (Å²) in [5.74, 6) is 0.920. The summed E-state index contributed by atoms with van der Waals surface area (Å²) >= 11 is 0. The zero-order chi connectivity index (χ0) is 23.2. The molecule has 0 unspecified atom stereocenters. The number of anilines is 1. The van der Waals surface area contributed by atoms with Crippen molar-refractivity contribution >= 4 is 17.3 Å². The molecular weight excluding hydrogens is 424 g/mol. The molecule has 1 heterocycles. The smallest absolute Gasteiger partial charge is 0.276 e. The van der Waals surface area contributed by atoms with Crippen molar-refractivity contribution in [2.75, 3.05) is 5.32 Å². The lowest BCUT2D eigenvalue weighted by atomic mass is 10.2. The Morgan fingerprint density at radius 3 is 2.55 bits per heavy atom. The van der Waals surface area contributed by atoms with E-state index < -0.39 is 10.8 Å². The number of non-ortho nitro benzene ring substituents is 1. The van der Waals surface area contributed by atoms with Crippen molar-refractivity contribution in [2.24, 2.45) is 0 Å². The maximum atomic E-state index is 12.7. The summed E-state index contributed by atoms with van der Waals surface area (Å²) in [6, 6.07) is 22.1. The molecule has 9 heteroatoms. The molecule has 1 aromatic heterocycles. The molecule has 0 saturated heterocycles. The van der Waals surface area contributed by atoms with Crippen LogP contribution in [0.5, 0.6) is 17.2 Å². The van der Waals surface area contributed by atoms with E-state index in [1.165, 1.54) is 28.9 Å². The van der Waals surface area contributed by atoms with Crippen LogP contribution in [0.1, 0.15) is 16.1 Å². The van der Waals surface area contributed by atoms with E-state index in [0.717, 1.165) is 5.56 Å². The van der Waals surface area contributed by atoms with Crippen molar-refractivity contribution < 1.29 is 19.2 Å². The molecule has 0 aliphatic rings. The van der Waals surface area contributed by atoms with Gasteiger partial charge in [0.05, 0.1) is 16.7 Å². The van der Waals surface area contributed by atoms with E-state index in [1.54, 1.807) is 18.3 Å². The molecule has 0 aliphatic carbocycles. The average Bonchev–Trinajstić information content (AvgIpc) is 3.27. The van der Waals surface area contributed by atoms with Crippen molar-refractivity contribution in [1.82, 2.24) is 9.78 Å². The third-order valence-electron chi connectivity index (χ3n) is 4.57. The van der Waals surface area contributed by atoms with Crippen LogP contribution in [0.25, 0.3) is 0 Å². The molecule has 0 fully saturated rings. The monoisotopic (exact) mass is 444 g/mol. The fraction of sp³-hybridized carbons (Fsp3) is 0.0833. The van der Waals surface area contributed by atoms with Gasteiger partial charge in [-0.05, 0) is 42.8 Å². The number of hydrogen-bond donors (Lipinski definition) is 1. The minimum atomic E-state index is -0.547. The first-order valence-corrected chi connectivity index (χ1v) is 10.0. The van der Waals surface area contributed by atoms with Gasteiger partial charge < -0.3 is 14.8 Å². The molecule has 1 amide bonds. The van der Waals surface area contributed by atoms with Crippen molar-refractivity contribution in [3.8, 4) is 17.2 Å². The molecule has 0 atom stereocenters. The Morgan fingerprint density at radius 1 is 1.00 bits per heavy atom. The van der Waals surface area contributed by atoms with Gasteiger partial charge in [-0.15, -0.1) is 0 Å². The van der Waals surface area contributed by atoms with Crippen LogP contribution in [0.15, 0.2) is 85.1 Å². The van der Waals surface area contributed by atoms with Gasteiger partial charge in [-0.25, -0.2) is 4.68 Å². The number of carbonyl (C=O) groups excluding carboxylic acids is 1. The zero-order valence-corrected chi connectivity index (χ0v) is 17.7. The normalized spacial score (nSPS) is 10.5. The highest BCUT2D eigenvalue weighted by Crippen LogP contribution is 2.30. The molecular formula is C24H20N4O5. The second-order valence-corrected chi connectivity index (χ2v) is 7.17. The van der Waals surface area contributed by atoms with E-state index in [9.17, 15) is 14.9 Å². The minimum absolute atomic E-state index is 0.128. The van der Waals surface area contributed by atoms with E-state index in [1.807, 2.05) is 49.4 Å². The molecule has 0 aliphatic heterocycles. The Balaban J connectivity index is 1.47. The van der Waals surface area contributed by atoms with Gasteiger partial charge in [0.2, 0.25) is 0 Å². The number of nitrogens with zero attached hydrogens (tertiary/aromatic N) is 3. The largest absolute Gasteiger partial charge is 0.471 e. The van der Waals surface area contributed by atoms with E-state index in [-0.39, 0.29) is 29.5 Å². The zero-order valence-electron chi connectivity index (χ0n) is 17.7. The quantitative estimate of drug-likeness (QED) is 0.296. The first-order chi connectivity index (χ1) is 16.0. The van der Waals surface area contributed by atoms with E-state index in [4.69, 9.17) is 9.47 Å². The summed E-state index contributed by atoms with van der Waals surface area (Å²) in [6.07, 6.45) is 1.61. The van der Waals surface area contributed by atoms with Crippen LogP contribution in [-0.2, 0) is 6.73 Å². The molecule has 33 heavy (non-hydrogen) atoms. The first kappa shape index (κ1) is 21.6. The number of carbonyl (C=O) groups is 1. The van der Waals surface area contributed by atoms with Gasteiger partial charge in [-0.3, -0.25) is 14.9 Å². The van der Waals surface area contributed by atoms with Crippen molar-refractivity contribution in [2.45, 2.75) is 13.7 Å². The molecule has 4 rings (SSSR count). The number of benzene rings is 3. The van der Waals surface area contributed by atoms with Crippen molar-refractivity contribution in [1.29, 1.82) is 0 Å². The topological polar surface area (TPSA) is 109 Å². The number of nitro benzene ring substituents is 1. The summed E-state index contributed by atoms with van der Waals surface area (Å²) in [5.41, 5.74) is 1.13. The van der Waals surface area contributed by atoms with E-state index in [2.05, 4.69) is 10.4 Å². The number of amides is 1. The van der Waals surface area contributed by atoms with Crippen molar-refractivity contribution in [3.05, 3.63) is 106 Å². The number of para-hydroxylation sites is 1. The number of hydrogen-bond acceptors (Lipinski definition) is 6. The summed E-state index contributed by atoms with van der Waals surface area (Å²) in [4.78, 5) is 23.5. The molecule has 4 aromatic rings. The van der Waals surface area contributed by atoms with Crippen LogP contribution in [-0.4, -0.2) is 20.6 Å². The molecule has 0 bridgehead atoms. The molecule has 0 saturated carbocycles. The number of rotatable bonds is 8. The number of nitrogens with one attached hydrogen (secondary N) is 1. The van der Waals surface area contributed by atoms with Crippen LogP contribution < -0.4 is 14.8 Å². The number of aromatic nitrogens is 2. The Morgan fingerprint density at radius 2 is 1.79 bits per heavy atom. The maximum absolute atomic E-state index is 12.7. The lowest BCUT2D eigenvalue weighted by Crippen LogP contribution is -2.14. The molecule has 0 radical (unpaired) electrons. The highest BCUT2D eigenvalue weighted by Gasteiger charge is 2.15. The van der Waals surface area contributed by atoms with Gasteiger partial charge in [-0.2, -0.15) is 5.10 Å². The van der Waals surface area contributed by atoms with Gasteiger partial charge in [0.15, 0.2) is 12.4 Å². The predicted octanol–water partition coefficient (Wildman–Crippen LogP) is 5.18. The molecule has 9 nitrogen and oxygen atoms in total.